The van der Waals surface area contributed by atoms with E-state index in [1.54, 1.807) is 19.2 Å². The van der Waals surface area contributed by atoms with E-state index in [4.69, 9.17) is 4.74 Å². The highest BCUT2D eigenvalue weighted by Gasteiger charge is 2.06. The molecule has 104 valence electrons. The first kappa shape index (κ1) is 14.4. The molecule has 0 unspecified atom stereocenters. The van der Waals surface area contributed by atoms with Gasteiger partial charge in [0, 0.05) is 4.90 Å². The van der Waals surface area contributed by atoms with Crippen molar-refractivity contribution in [3.8, 4) is 5.75 Å². The van der Waals surface area contributed by atoms with Gasteiger partial charge >= 0.3 is 0 Å². The number of amides is 1. The second kappa shape index (κ2) is 6.96. The average molecular weight is 291 g/mol. The third kappa shape index (κ3) is 3.99. The van der Waals surface area contributed by atoms with Crippen LogP contribution in [0, 0.1) is 5.82 Å². The van der Waals surface area contributed by atoms with E-state index in [1.807, 2.05) is 24.3 Å². The molecule has 1 N–H and O–H groups in total. The van der Waals surface area contributed by atoms with Gasteiger partial charge in [-0.25, -0.2) is 4.39 Å². The van der Waals surface area contributed by atoms with Gasteiger partial charge in [-0.2, -0.15) is 0 Å². The van der Waals surface area contributed by atoms with Crippen molar-refractivity contribution in [2.24, 2.45) is 0 Å². The first-order valence-corrected chi connectivity index (χ1v) is 6.99. The number of methoxy groups -OCH3 is 1. The van der Waals surface area contributed by atoms with Gasteiger partial charge in [0.25, 0.3) is 0 Å². The third-order valence-corrected chi connectivity index (χ3v) is 3.59. The summed E-state index contributed by atoms with van der Waals surface area (Å²) >= 11 is 1.38. The number of ether oxygens (including phenoxy) is 1. The largest absolute Gasteiger partial charge is 0.497 e. The van der Waals surface area contributed by atoms with Gasteiger partial charge in [-0.05, 0) is 36.4 Å². The average Bonchev–Trinajstić information content (AvgIpc) is 2.48. The maximum atomic E-state index is 13.4. The summed E-state index contributed by atoms with van der Waals surface area (Å²) in [6.07, 6.45) is 0. The number of anilines is 1. The number of thioether (sulfide) groups is 1. The molecule has 2 rings (SSSR count). The number of hydrogen-bond acceptors (Lipinski definition) is 3. The SMILES string of the molecule is COc1ccc(SCC(=O)Nc2ccccc2F)cc1. The molecule has 0 aliphatic carbocycles. The molecule has 0 bridgehead atoms. The summed E-state index contributed by atoms with van der Waals surface area (Å²) in [5.41, 5.74) is 0.202. The van der Waals surface area contributed by atoms with Crippen molar-refractivity contribution >= 4 is 23.4 Å². The molecule has 20 heavy (non-hydrogen) atoms. The van der Waals surface area contributed by atoms with Crippen LogP contribution in [-0.4, -0.2) is 18.8 Å². The van der Waals surface area contributed by atoms with Gasteiger partial charge in [0.1, 0.15) is 11.6 Å². The number of para-hydroxylation sites is 1. The van der Waals surface area contributed by atoms with Crippen molar-refractivity contribution in [3.05, 3.63) is 54.3 Å². The van der Waals surface area contributed by atoms with Crippen LogP contribution >= 0.6 is 11.8 Å². The Hall–Kier alpha value is -2.01. The molecule has 0 spiro atoms. The number of rotatable bonds is 5. The van der Waals surface area contributed by atoms with E-state index in [0.29, 0.717) is 0 Å². The van der Waals surface area contributed by atoms with Crippen LogP contribution in [0.25, 0.3) is 0 Å². The fourth-order valence-corrected chi connectivity index (χ4v) is 2.27. The summed E-state index contributed by atoms with van der Waals surface area (Å²) in [6.45, 7) is 0. The summed E-state index contributed by atoms with van der Waals surface area (Å²) in [5, 5.41) is 2.54. The highest BCUT2D eigenvalue weighted by molar-refractivity contribution is 8.00. The number of nitrogens with one attached hydrogen (secondary N) is 1. The highest BCUT2D eigenvalue weighted by Crippen LogP contribution is 2.21. The van der Waals surface area contributed by atoms with Crippen LogP contribution in [0.2, 0.25) is 0 Å². The zero-order valence-electron chi connectivity index (χ0n) is 10.9. The van der Waals surface area contributed by atoms with Gasteiger partial charge < -0.3 is 10.1 Å². The minimum atomic E-state index is -0.435. The van der Waals surface area contributed by atoms with Gasteiger partial charge in [0.15, 0.2) is 0 Å². The maximum Gasteiger partial charge on any atom is 0.234 e. The molecule has 3 nitrogen and oxygen atoms in total. The van der Waals surface area contributed by atoms with Gasteiger partial charge in [-0.1, -0.05) is 12.1 Å². The number of carbonyl (C=O) groups excluding carboxylic acids is 1. The lowest BCUT2D eigenvalue weighted by Crippen LogP contribution is -2.14. The topological polar surface area (TPSA) is 38.3 Å². The highest BCUT2D eigenvalue weighted by atomic mass is 32.2. The Morgan fingerprint density at radius 1 is 1.20 bits per heavy atom. The molecule has 0 radical (unpaired) electrons. The fourth-order valence-electron chi connectivity index (χ4n) is 1.57. The molecule has 0 atom stereocenters. The number of hydrogen-bond donors (Lipinski definition) is 1. The Bertz CT molecular complexity index is 587. The minimum Gasteiger partial charge on any atom is -0.497 e. The Kier molecular flexibility index (Phi) is 5.01. The van der Waals surface area contributed by atoms with E-state index < -0.39 is 5.82 Å². The zero-order valence-corrected chi connectivity index (χ0v) is 11.7. The molecule has 1 amide bonds. The lowest BCUT2D eigenvalue weighted by atomic mass is 10.3. The zero-order chi connectivity index (χ0) is 14.4. The molecule has 0 aliphatic heterocycles. The summed E-state index contributed by atoms with van der Waals surface area (Å²) < 4.78 is 18.4. The molecule has 0 saturated heterocycles. The Morgan fingerprint density at radius 2 is 1.90 bits per heavy atom. The first-order valence-electron chi connectivity index (χ1n) is 6.00. The number of benzene rings is 2. The van der Waals surface area contributed by atoms with E-state index in [9.17, 15) is 9.18 Å². The van der Waals surface area contributed by atoms with Gasteiger partial charge in [-0.3, -0.25) is 4.79 Å². The molecule has 0 heterocycles. The predicted molar refractivity (Wildman–Crippen MR) is 78.7 cm³/mol. The van der Waals surface area contributed by atoms with Crippen molar-refractivity contribution < 1.29 is 13.9 Å². The van der Waals surface area contributed by atoms with Gasteiger partial charge in [-0.15, -0.1) is 11.8 Å². The third-order valence-electron chi connectivity index (χ3n) is 2.58. The van der Waals surface area contributed by atoms with Crippen molar-refractivity contribution in [2.75, 3.05) is 18.2 Å². The first-order chi connectivity index (χ1) is 9.69. The van der Waals surface area contributed by atoms with E-state index in [-0.39, 0.29) is 17.3 Å². The standard InChI is InChI=1S/C15H14FNO2S/c1-19-11-6-8-12(9-7-11)20-10-15(18)17-14-5-3-2-4-13(14)16/h2-9H,10H2,1H3,(H,17,18). The van der Waals surface area contributed by atoms with Crippen molar-refractivity contribution in [2.45, 2.75) is 4.90 Å². The van der Waals surface area contributed by atoms with Crippen molar-refractivity contribution in [3.63, 3.8) is 0 Å². The molecule has 2 aromatic rings. The Balaban J connectivity index is 1.87. The summed E-state index contributed by atoms with van der Waals surface area (Å²) in [4.78, 5) is 12.7. The lowest BCUT2D eigenvalue weighted by molar-refractivity contribution is -0.113. The summed E-state index contributed by atoms with van der Waals surface area (Å²) in [6, 6.07) is 13.5. The Labute approximate surface area is 121 Å². The molecule has 0 aliphatic rings. The molecular weight excluding hydrogens is 277 g/mol. The summed E-state index contributed by atoms with van der Waals surface area (Å²) in [7, 11) is 1.60. The van der Waals surface area contributed by atoms with Crippen LogP contribution in [0.3, 0.4) is 0 Å². The van der Waals surface area contributed by atoms with Gasteiger partial charge in [0.05, 0.1) is 18.6 Å². The Morgan fingerprint density at radius 3 is 2.55 bits per heavy atom. The van der Waals surface area contributed by atoms with Gasteiger partial charge in [0.2, 0.25) is 5.91 Å². The van der Waals surface area contributed by atoms with Crippen molar-refractivity contribution in [1.29, 1.82) is 0 Å². The number of halogens is 1. The lowest BCUT2D eigenvalue weighted by Gasteiger charge is -2.06. The van der Waals surface area contributed by atoms with E-state index in [2.05, 4.69) is 5.32 Å². The molecule has 0 saturated carbocycles. The van der Waals surface area contributed by atoms with Crippen molar-refractivity contribution in [1.82, 2.24) is 0 Å². The molecule has 0 aromatic heterocycles. The maximum absolute atomic E-state index is 13.4. The van der Waals surface area contributed by atoms with Crippen LogP contribution in [0.5, 0.6) is 5.75 Å². The molecule has 5 heteroatoms. The fraction of sp³-hybridized carbons (Fsp3) is 0.133. The van der Waals surface area contributed by atoms with Crippen LogP contribution in [0.15, 0.2) is 53.4 Å². The monoisotopic (exact) mass is 291 g/mol. The number of carbonyl (C=O) groups is 1. The normalized spacial score (nSPS) is 10.1. The van der Waals surface area contributed by atoms with Crippen LogP contribution in [-0.2, 0) is 4.79 Å². The molecule has 0 fully saturated rings. The molecule has 2 aromatic carbocycles. The smallest absolute Gasteiger partial charge is 0.234 e. The van der Waals surface area contributed by atoms with E-state index >= 15 is 0 Å². The van der Waals surface area contributed by atoms with Crippen LogP contribution in [0.1, 0.15) is 0 Å². The molecular formula is C15H14FNO2S. The second-order valence-electron chi connectivity index (χ2n) is 3.99. The minimum absolute atomic E-state index is 0.202. The predicted octanol–water partition coefficient (Wildman–Crippen LogP) is 3.57. The van der Waals surface area contributed by atoms with Crippen LogP contribution < -0.4 is 10.1 Å². The van der Waals surface area contributed by atoms with E-state index in [0.717, 1.165) is 10.6 Å². The van der Waals surface area contributed by atoms with Crippen LogP contribution in [0.4, 0.5) is 10.1 Å². The van der Waals surface area contributed by atoms with E-state index in [1.165, 1.54) is 23.9 Å². The second-order valence-corrected chi connectivity index (χ2v) is 5.04. The summed E-state index contributed by atoms with van der Waals surface area (Å²) in [5.74, 6) is 0.317. The quantitative estimate of drug-likeness (QED) is 0.856.